The lowest BCUT2D eigenvalue weighted by Crippen LogP contribution is -2.52. The lowest BCUT2D eigenvalue weighted by molar-refractivity contribution is -0.153. The largest absolute Gasteiger partial charge is 0.469 e. The van der Waals surface area contributed by atoms with E-state index in [9.17, 15) is 24.9 Å². The predicted molar refractivity (Wildman–Crippen MR) is 113 cm³/mol. The van der Waals surface area contributed by atoms with Gasteiger partial charge in [0, 0.05) is 12.8 Å². The average molecular weight is 457 g/mol. The smallest absolute Gasteiger partial charge is 0.308 e. The molecule has 0 radical (unpaired) electrons. The molecule has 2 aliphatic carbocycles. The third-order valence-corrected chi connectivity index (χ3v) is 7.90. The fourth-order valence-electron chi connectivity index (χ4n) is 5.26. The van der Waals surface area contributed by atoms with E-state index in [0.717, 1.165) is 12.0 Å². The summed E-state index contributed by atoms with van der Waals surface area (Å²) in [6.07, 6.45) is 1.23. The van der Waals surface area contributed by atoms with Crippen LogP contribution in [0.3, 0.4) is 0 Å². The summed E-state index contributed by atoms with van der Waals surface area (Å²) in [6.45, 7) is 9.53. The molecule has 2 heterocycles. The second-order valence-corrected chi connectivity index (χ2v) is 10.1. The van der Waals surface area contributed by atoms with Gasteiger partial charge in [-0.25, -0.2) is 0 Å². The van der Waals surface area contributed by atoms with Gasteiger partial charge in [0.05, 0.1) is 45.4 Å². The van der Waals surface area contributed by atoms with Crippen LogP contribution in [-0.4, -0.2) is 82.2 Å². The summed E-state index contributed by atoms with van der Waals surface area (Å²) in [5.41, 5.74) is -2.69. The first kappa shape index (κ1) is 25.1. The van der Waals surface area contributed by atoms with Crippen molar-refractivity contribution in [2.45, 2.75) is 100 Å². The van der Waals surface area contributed by atoms with E-state index in [1.165, 1.54) is 14.2 Å². The molecule has 182 valence electrons. The average Bonchev–Trinajstić information content (AvgIpc) is 3.57. The molecule has 32 heavy (non-hydrogen) atoms. The molecular weight excluding hydrogens is 420 g/mol. The van der Waals surface area contributed by atoms with E-state index in [2.05, 4.69) is 16.1 Å². The van der Waals surface area contributed by atoms with Crippen molar-refractivity contribution >= 4 is 11.9 Å². The molecule has 4 rings (SSSR count). The van der Waals surface area contributed by atoms with Crippen molar-refractivity contribution in [3.05, 3.63) is 12.2 Å². The maximum Gasteiger partial charge on any atom is 0.308 e. The Bertz CT molecular complexity index is 783. The molecule has 4 aliphatic rings. The fraction of sp³-hybridized carbons (Fsp3) is 0.826. The Morgan fingerprint density at radius 2 is 1.38 bits per heavy atom. The molecule has 9 nitrogen and oxygen atoms in total. The number of methoxy groups -OCH3 is 2. The molecule has 4 fully saturated rings. The molecule has 7 unspecified atom stereocenters. The summed E-state index contributed by atoms with van der Waals surface area (Å²) in [6, 6.07) is 0. The van der Waals surface area contributed by atoms with E-state index in [0.29, 0.717) is 12.8 Å². The second-order valence-electron chi connectivity index (χ2n) is 10.1. The minimum absolute atomic E-state index is 0.0136. The Morgan fingerprint density at radius 3 is 1.81 bits per heavy atom. The van der Waals surface area contributed by atoms with Crippen LogP contribution in [0.1, 0.15) is 59.3 Å². The van der Waals surface area contributed by atoms with E-state index in [-0.39, 0.29) is 37.4 Å². The van der Waals surface area contributed by atoms with Gasteiger partial charge in [0.2, 0.25) is 0 Å². The predicted octanol–water partition coefficient (Wildman–Crippen LogP) is 1.02. The molecule has 2 aliphatic heterocycles. The SMILES string of the molecule is C=C(C)[C@H]1CC2OC2(C)C(O)(CC(=O)OC)C1.COC(=O)CC1(O)CC(O)CC2OC21C. The number of hydrogen-bond acceptors (Lipinski definition) is 9. The lowest BCUT2D eigenvalue weighted by Gasteiger charge is -2.38. The number of hydrogen-bond donors (Lipinski definition) is 3. The van der Waals surface area contributed by atoms with Crippen LogP contribution in [0.2, 0.25) is 0 Å². The van der Waals surface area contributed by atoms with Crippen LogP contribution in [0.5, 0.6) is 0 Å². The summed E-state index contributed by atoms with van der Waals surface area (Å²) in [5, 5.41) is 30.6. The molecule has 9 heteroatoms. The van der Waals surface area contributed by atoms with Gasteiger partial charge in [-0.3, -0.25) is 9.59 Å². The van der Waals surface area contributed by atoms with Gasteiger partial charge in [-0.2, -0.15) is 0 Å². The first-order valence-electron chi connectivity index (χ1n) is 11.0. The third-order valence-electron chi connectivity index (χ3n) is 7.90. The number of fused-ring (bicyclic) bond motifs is 2. The number of aliphatic hydroxyl groups excluding tert-OH is 1. The highest BCUT2D eigenvalue weighted by molar-refractivity contribution is 5.71. The van der Waals surface area contributed by atoms with Gasteiger partial charge in [-0.05, 0) is 39.5 Å². The quantitative estimate of drug-likeness (QED) is 0.314. The van der Waals surface area contributed by atoms with Crippen molar-refractivity contribution in [1.82, 2.24) is 0 Å². The monoisotopic (exact) mass is 456 g/mol. The minimum Gasteiger partial charge on any atom is -0.469 e. The molecule has 3 N–H and O–H groups in total. The highest BCUT2D eigenvalue weighted by Gasteiger charge is 2.70. The van der Waals surface area contributed by atoms with Crippen molar-refractivity contribution in [2.24, 2.45) is 5.92 Å². The van der Waals surface area contributed by atoms with E-state index in [1.807, 2.05) is 13.8 Å². The molecule has 0 spiro atoms. The first-order chi connectivity index (χ1) is 14.7. The number of epoxide rings is 2. The number of carbonyl (C=O) groups is 2. The molecule has 0 amide bonds. The van der Waals surface area contributed by atoms with Crippen LogP contribution in [0.25, 0.3) is 0 Å². The van der Waals surface area contributed by atoms with Gasteiger partial charge >= 0.3 is 11.9 Å². The zero-order valence-corrected chi connectivity index (χ0v) is 19.6. The van der Waals surface area contributed by atoms with Crippen molar-refractivity contribution in [1.29, 1.82) is 0 Å². The molecule has 0 aromatic carbocycles. The van der Waals surface area contributed by atoms with Crippen molar-refractivity contribution in [3.8, 4) is 0 Å². The van der Waals surface area contributed by atoms with Gasteiger partial charge < -0.3 is 34.3 Å². The van der Waals surface area contributed by atoms with E-state index < -0.39 is 40.4 Å². The van der Waals surface area contributed by atoms with Gasteiger partial charge in [0.15, 0.2) is 0 Å². The van der Waals surface area contributed by atoms with Crippen LogP contribution in [-0.2, 0) is 28.5 Å². The number of allylic oxidation sites excluding steroid dienone is 1. The Balaban J connectivity index is 0.000000182. The zero-order chi connectivity index (χ0) is 24.1. The number of esters is 2. The van der Waals surface area contributed by atoms with Gasteiger partial charge in [-0.15, -0.1) is 0 Å². The molecule has 2 saturated heterocycles. The van der Waals surface area contributed by atoms with E-state index in [4.69, 9.17) is 9.47 Å². The van der Waals surface area contributed by atoms with Crippen molar-refractivity contribution in [2.75, 3.05) is 14.2 Å². The number of ether oxygens (including phenoxy) is 4. The number of aliphatic hydroxyl groups is 3. The Kier molecular flexibility index (Phi) is 6.56. The topological polar surface area (TPSA) is 138 Å². The Labute approximate surface area is 188 Å². The van der Waals surface area contributed by atoms with Crippen LogP contribution < -0.4 is 0 Å². The number of carbonyl (C=O) groups excluding carboxylic acids is 2. The van der Waals surface area contributed by atoms with Gasteiger partial charge in [0.25, 0.3) is 0 Å². The number of rotatable bonds is 5. The molecule has 8 atom stereocenters. The second kappa shape index (κ2) is 8.36. The van der Waals surface area contributed by atoms with Crippen LogP contribution in [0.4, 0.5) is 0 Å². The Hall–Kier alpha value is -1.52. The van der Waals surface area contributed by atoms with Crippen LogP contribution in [0, 0.1) is 5.92 Å². The first-order valence-corrected chi connectivity index (χ1v) is 11.0. The highest BCUT2D eigenvalue weighted by Crippen LogP contribution is 2.57. The summed E-state index contributed by atoms with van der Waals surface area (Å²) in [5.74, 6) is -0.669. The highest BCUT2D eigenvalue weighted by atomic mass is 16.6. The third kappa shape index (κ3) is 4.33. The van der Waals surface area contributed by atoms with E-state index >= 15 is 0 Å². The molecule has 0 aromatic heterocycles. The van der Waals surface area contributed by atoms with Crippen LogP contribution >= 0.6 is 0 Å². The molecule has 0 bridgehead atoms. The summed E-state index contributed by atoms with van der Waals surface area (Å²) < 4.78 is 20.2. The van der Waals surface area contributed by atoms with Crippen molar-refractivity contribution < 1.29 is 43.9 Å². The Morgan fingerprint density at radius 1 is 0.938 bits per heavy atom. The maximum atomic E-state index is 11.4. The zero-order valence-electron chi connectivity index (χ0n) is 19.6. The molecule has 2 saturated carbocycles. The van der Waals surface area contributed by atoms with E-state index in [1.54, 1.807) is 6.92 Å². The van der Waals surface area contributed by atoms with Gasteiger partial charge in [-0.1, -0.05) is 12.2 Å². The van der Waals surface area contributed by atoms with Gasteiger partial charge in [0.1, 0.15) is 22.4 Å². The van der Waals surface area contributed by atoms with Crippen LogP contribution in [0.15, 0.2) is 12.2 Å². The van der Waals surface area contributed by atoms with Crippen molar-refractivity contribution in [3.63, 3.8) is 0 Å². The maximum absolute atomic E-state index is 11.4. The fourth-order valence-corrected chi connectivity index (χ4v) is 5.26. The molecular formula is C23H36O9. The lowest BCUT2D eigenvalue weighted by atomic mass is 9.68. The normalized spacial score (nSPS) is 45.9. The minimum atomic E-state index is -1.30. The summed E-state index contributed by atoms with van der Waals surface area (Å²) in [4.78, 5) is 22.6. The molecule has 0 aromatic rings. The summed E-state index contributed by atoms with van der Waals surface area (Å²) >= 11 is 0. The summed E-state index contributed by atoms with van der Waals surface area (Å²) in [7, 11) is 2.61. The standard InChI is InChI=1S/C13H20O4.C10H16O5/c1-8(2)9-5-10-12(3,17-10)13(15,6-9)7-11(14)16-4;1-9-7(15-9)3-6(11)4-10(9,13)5-8(12)14-2/h9-10,15H,1,5-7H2,2-4H3;6-7,11,13H,3-5H2,1-2H3/t9-,10?,12?,13?;/m0./s1.